The summed E-state index contributed by atoms with van der Waals surface area (Å²) in [6.45, 7) is 0. The monoisotopic (exact) mass is 324 g/mol. The Morgan fingerprint density at radius 2 is 1.65 bits per heavy atom. The van der Waals surface area contributed by atoms with E-state index in [1.165, 1.54) is 0 Å². The predicted octanol–water partition coefficient (Wildman–Crippen LogP) is 4.79. The third kappa shape index (κ3) is 3.15. The molecule has 0 radical (unpaired) electrons. The zero-order valence-electron chi connectivity index (χ0n) is 12.9. The number of hydrogen-bond acceptors (Lipinski definition) is 2. The summed E-state index contributed by atoms with van der Waals surface area (Å²) in [5, 5.41) is 12.7. The molecular formula is C18H19F3O2. The average molecular weight is 324 g/mol. The van der Waals surface area contributed by atoms with Gasteiger partial charge in [0.25, 0.3) is 0 Å². The van der Waals surface area contributed by atoms with Gasteiger partial charge in [0.05, 0.1) is 18.6 Å². The van der Waals surface area contributed by atoms with E-state index in [2.05, 4.69) is 0 Å². The topological polar surface area (TPSA) is 29.5 Å². The lowest BCUT2D eigenvalue weighted by atomic mass is 9.74. The fraction of sp³-hybridized carbons (Fsp3) is 0.444. The van der Waals surface area contributed by atoms with Crippen LogP contribution >= 0.6 is 0 Å². The summed E-state index contributed by atoms with van der Waals surface area (Å²) in [7, 11) is 1.59. The molecule has 1 N–H and O–H groups in total. The van der Waals surface area contributed by atoms with Gasteiger partial charge in [-0.25, -0.2) is 0 Å². The number of halogens is 3. The molecule has 1 fully saturated rings. The SMILES string of the molecule is COc1ccc2cc(C3(O)CCC(C(F)(F)F)CC3)ccc2c1. The molecule has 5 heteroatoms. The van der Waals surface area contributed by atoms with Gasteiger partial charge in [-0.05, 0) is 60.2 Å². The molecule has 0 aromatic heterocycles. The Balaban J connectivity index is 1.85. The van der Waals surface area contributed by atoms with E-state index in [0.29, 0.717) is 5.56 Å². The molecule has 0 atom stereocenters. The second-order valence-corrected chi connectivity index (χ2v) is 6.28. The maximum atomic E-state index is 12.8. The van der Waals surface area contributed by atoms with Crippen LogP contribution in [0.2, 0.25) is 0 Å². The van der Waals surface area contributed by atoms with E-state index in [9.17, 15) is 18.3 Å². The zero-order chi connectivity index (χ0) is 16.7. The van der Waals surface area contributed by atoms with E-state index >= 15 is 0 Å². The van der Waals surface area contributed by atoms with Gasteiger partial charge in [0.2, 0.25) is 0 Å². The van der Waals surface area contributed by atoms with Gasteiger partial charge in [-0.15, -0.1) is 0 Å². The molecule has 1 saturated carbocycles. The van der Waals surface area contributed by atoms with Crippen LogP contribution in [0.1, 0.15) is 31.2 Å². The van der Waals surface area contributed by atoms with Crippen molar-refractivity contribution >= 4 is 10.8 Å². The summed E-state index contributed by atoms with van der Waals surface area (Å²) in [4.78, 5) is 0. The van der Waals surface area contributed by atoms with Gasteiger partial charge in [-0.1, -0.05) is 18.2 Å². The maximum absolute atomic E-state index is 12.8. The molecule has 0 spiro atoms. The molecule has 3 rings (SSSR count). The standard InChI is InChI=1S/C18H19F3O2/c1-23-16-5-3-12-10-15(4-2-13(12)11-16)17(22)8-6-14(7-9-17)18(19,20)21/h2-5,10-11,14,22H,6-9H2,1H3. The second-order valence-electron chi connectivity index (χ2n) is 6.28. The van der Waals surface area contributed by atoms with E-state index in [1.807, 2.05) is 30.3 Å². The Bertz CT molecular complexity index is 701. The third-order valence-electron chi connectivity index (χ3n) is 4.86. The van der Waals surface area contributed by atoms with Gasteiger partial charge < -0.3 is 9.84 Å². The molecule has 0 amide bonds. The first-order valence-corrected chi connectivity index (χ1v) is 7.69. The second kappa shape index (κ2) is 5.71. The lowest BCUT2D eigenvalue weighted by molar-refractivity contribution is -0.193. The van der Waals surface area contributed by atoms with E-state index in [4.69, 9.17) is 4.74 Å². The van der Waals surface area contributed by atoms with Crippen LogP contribution in [0.15, 0.2) is 36.4 Å². The first-order valence-electron chi connectivity index (χ1n) is 7.69. The molecule has 0 heterocycles. The number of aliphatic hydroxyl groups is 1. The molecule has 0 bridgehead atoms. The van der Waals surface area contributed by atoms with Gasteiger partial charge in [0, 0.05) is 0 Å². The van der Waals surface area contributed by atoms with Crippen molar-refractivity contribution in [2.45, 2.75) is 37.5 Å². The van der Waals surface area contributed by atoms with E-state index in [0.717, 1.165) is 16.5 Å². The molecular weight excluding hydrogens is 305 g/mol. The molecule has 0 aliphatic heterocycles. The van der Waals surface area contributed by atoms with Crippen molar-refractivity contribution in [2.24, 2.45) is 5.92 Å². The molecule has 23 heavy (non-hydrogen) atoms. The van der Waals surface area contributed by atoms with Crippen LogP contribution in [0.4, 0.5) is 13.2 Å². The molecule has 124 valence electrons. The smallest absolute Gasteiger partial charge is 0.391 e. The minimum Gasteiger partial charge on any atom is -0.497 e. The fourth-order valence-electron chi connectivity index (χ4n) is 3.35. The molecule has 2 aromatic carbocycles. The van der Waals surface area contributed by atoms with Crippen molar-refractivity contribution in [3.8, 4) is 5.75 Å². The summed E-state index contributed by atoms with van der Waals surface area (Å²) in [6.07, 6.45) is -3.94. The third-order valence-corrected chi connectivity index (χ3v) is 4.86. The van der Waals surface area contributed by atoms with Crippen LogP contribution in [-0.4, -0.2) is 18.4 Å². The summed E-state index contributed by atoms with van der Waals surface area (Å²) < 4.78 is 43.5. The lowest BCUT2D eigenvalue weighted by Gasteiger charge is -2.37. The normalized spacial score (nSPS) is 25.5. The van der Waals surface area contributed by atoms with Crippen molar-refractivity contribution < 1.29 is 23.0 Å². The molecule has 2 aromatic rings. The number of benzene rings is 2. The Labute approximate surface area is 132 Å². The Kier molecular flexibility index (Phi) is 4.00. The quantitative estimate of drug-likeness (QED) is 0.861. The summed E-state index contributed by atoms with van der Waals surface area (Å²) in [5.74, 6) is -0.554. The first-order chi connectivity index (χ1) is 10.8. The highest BCUT2D eigenvalue weighted by atomic mass is 19.4. The van der Waals surface area contributed by atoms with Crippen LogP contribution in [-0.2, 0) is 5.60 Å². The van der Waals surface area contributed by atoms with Crippen molar-refractivity contribution in [3.63, 3.8) is 0 Å². The Hall–Kier alpha value is -1.75. The van der Waals surface area contributed by atoms with Crippen LogP contribution in [0.25, 0.3) is 10.8 Å². The van der Waals surface area contributed by atoms with Gasteiger partial charge in [0.1, 0.15) is 5.75 Å². The number of hydrogen-bond donors (Lipinski definition) is 1. The highest BCUT2D eigenvalue weighted by molar-refractivity contribution is 5.84. The fourth-order valence-corrected chi connectivity index (χ4v) is 3.35. The summed E-state index contributed by atoms with van der Waals surface area (Å²) >= 11 is 0. The van der Waals surface area contributed by atoms with Crippen molar-refractivity contribution in [1.29, 1.82) is 0 Å². The van der Waals surface area contributed by atoms with E-state index in [-0.39, 0.29) is 25.7 Å². The van der Waals surface area contributed by atoms with Gasteiger partial charge in [0.15, 0.2) is 0 Å². The first kappa shape index (κ1) is 16.1. The number of ether oxygens (including phenoxy) is 1. The number of methoxy groups -OCH3 is 1. The molecule has 1 aliphatic rings. The highest BCUT2D eigenvalue weighted by Crippen LogP contribution is 2.45. The lowest BCUT2D eigenvalue weighted by Crippen LogP contribution is -2.36. The number of fused-ring (bicyclic) bond motifs is 1. The molecule has 0 unspecified atom stereocenters. The largest absolute Gasteiger partial charge is 0.497 e. The average Bonchev–Trinajstić information content (AvgIpc) is 2.53. The molecule has 1 aliphatic carbocycles. The molecule has 2 nitrogen and oxygen atoms in total. The maximum Gasteiger partial charge on any atom is 0.391 e. The Morgan fingerprint density at radius 3 is 2.26 bits per heavy atom. The molecule has 0 saturated heterocycles. The van der Waals surface area contributed by atoms with Crippen molar-refractivity contribution in [2.75, 3.05) is 7.11 Å². The van der Waals surface area contributed by atoms with E-state index in [1.54, 1.807) is 13.2 Å². The minimum absolute atomic E-state index is 0.0271. The number of alkyl halides is 3. The van der Waals surface area contributed by atoms with Crippen LogP contribution < -0.4 is 4.74 Å². The van der Waals surface area contributed by atoms with Crippen LogP contribution in [0.3, 0.4) is 0 Å². The zero-order valence-corrected chi connectivity index (χ0v) is 12.9. The van der Waals surface area contributed by atoms with E-state index < -0.39 is 17.7 Å². The highest BCUT2D eigenvalue weighted by Gasteiger charge is 2.45. The van der Waals surface area contributed by atoms with Gasteiger partial charge in [-0.2, -0.15) is 13.2 Å². The Morgan fingerprint density at radius 1 is 1.04 bits per heavy atom. The van der Waals surface area contributed by atoms with Gasteiger partial charge >= 0.3 is 6.18 Å². The van der Waals surface area contributed by atoms with Crippen molar-refractivity contribution in [3.05, 3.63) is 42.0 Å². The number of rotatable bonds is 2. The van der Waals surface area contributed by atoms with Crippen LogP contribution in [0, 0.1) is 5.92 Å². The van der Waals surface area contributed by atoms with Crippen molar-refractivity contribution in [1.82, 2.24) is 0 Å². The van der Waals surface area contributed by atoms with Gasteiger partial charge in [-0.3, -0.25) is 0 Å². The summed E-state index contributed by atoms with van der Waals surface area (Å²) in [6, 6.07) is 11.2. The summed E-state index contributed by atoms with van der Waals surface area (Å²) in [5.41, 5.74) is -0.480. The minimum atomic E-state index is -4.17. The van der Waals surface area contributed by atoms with Crippen LogP contribution in [0.5, 0.6) is 5.75 Å². The predicted molar refractivity (Wildman–Crippen MR) is 82.4 cm³/mol.